The normalized spacial score (nSPS) is 17.7. The van der Waals surface area contributed by atoms with E-state index in [1.165, 1.54) is 26.8 Å². The van der Waals surface area contributed by atoms with Gasteiger partial charge >= 0.3 is 0 Å². The topological polar surface area (TPSA) is 86.8 Å². The maximum absolute atomic E-state index is 13.3. The van der Waals surface area contributed by atoms with Gasteiger partial charge in [-0.1, -0.05) is 30.3 Å². The first kappa shape index (κ1) is 24.1. The Balaban J connectivity index is 1.44. The van der Waals surface area contributed by atoms with Crippen LogP contribution in [0.25, 0.3) is 0 Å². The minimum Gasteiger partial charge on any atom is -0.316 e. The summed E-state index contributed by atoms with van der Waals surface area (Å²) in [5, 5.41) is 3.69. The molecule has 178 valence electrons. The van der Waals surface area contributed by atoms with Gasteiger partial charge in [0.2, 0.25) is 15.9 Å². The van der Waals surface area contributed by atoms with Crippen molar-refractivity contribution in [2.24, 2.45) is 0 Å². The van der Waals surface area contributed by atoms with Crippen molar-refractivity contribution in [2.75, 3.05) is 38.3 Å². The number of rotatable bonds is 7. The Morgan fingerprint density at radius 1 is 1.12 bits per heavy atom. The number of nitrogens with zero attached hydrogens (tertiary/aromatic N) is 2. The van der Waals surface area contributed by atoms with Crippen LogP contribution in [0.5, 0.6) is 0 Å². The van der Waals surface area contributed by atoms with Crippen LogP contribution >= 0.6 is 11.3 Å². The molecule has 9 heteroatoms. The van der Waals surface area contributed by atoms with E-state index in [4.69, 9.17) is 0 Å². The van der Waals surface area contributed by atoms with Gasteiger partial charge < -0.3 is 5.32 Å². The van der Waals surface area contributed by atoms with Gasteiger partial charge in [-0.05, 0) is 44.1 Å². The van der Waals surface area contributed by atoms with Crippen LogP contribution in [-0.4, -0.2) is 68.3 Å². The zero-order valence-electron chi connectivity index (χ0n) is 19.2. The van der Waals surface area contributed by atoms with Crippen molar-refractivity contribution in [1.29, 1.82) is 0 Å². The van der Waals surface area contributed by atoms with Crippen molar-refractivity contribution in [3.63, 3.8) is 0 Å². The van der Waals surface area contributed by atoms with Crippen LogP contribution in [0, 0.1) is 0 Å². The molecule has 0 unspecified atom stereocenters. The Hall–Kier alpha value is -2.07. The predicted octanol–water partition coefficient (Wildman–Crippen LogP) is 3.15. The smallest absolute Gasteiger partial charge is 0.239 e. The molecule has 7 nitrogen and oxygen atoms in total. The molecule has 33 heavy (non-hydrogen) atoms. The third-order valence-electron chi connectivity index (χ3n) is 6.65. The van der Waals surface area contributed by atoms with E-state index in [-0.39, 0.29) is 24.3 Å². The second-order valence-corrected chi connectivity index (χ2v) is 12.1. The van der Waals surface area contributed by atoms with E-state index in [0.717, 1.165) is 31.2 Å². The molecule has 1 aliphatic carbocycles. The van der Waals surface area contributed by atoms with Gasteiger partial charge in [0.05, 0.1) is 18.4 Å². The van der Waals surface area contributed by atoms with Gasteiger partial charge in [0.15, 0.2) is 5.78 Å². The number of anilines is 1. The maximum Gasteiger partial charge on any atom is 0.239 e. The van der Waals surface area contributed by atoms with Crippen LogP contribution < -0.4 is 5.32 Å². The van der Waals surface area contributed by atoms with Crippen molar-refractivity contribution < 1.29 is 18.0 Å². The number of likely N-dealkylation sites (tertiary alicyclic amines) is 1. The molecule has 0 saturated carbocycles. The Morgan fingerprint density at radius 2 is 1.79 bits per heavy atom. The highest BCUT2D eigenvalue weighted by molar-refractivity contribution is 7.88. The summed E-state index contributed by atoms with van der Waals surface area (Å²) in [6.07, 6.45) is 6.61. The lowest BCUT2D eigenvalue weighted by Crippen LogP contribution is -2.47. The van der Waals surface area contributed by atoms with Crippen LogP contribution in [0.15, 0.2) is 30.3 Å². The number of hydrogen-bond donors (Lipinski definition) is 1. The molecule has 1 fully saturated rings. The summed E-state index contributed by atoms with van der Waals surface area (Å²) in [5.41, 5.74) is 2.39. The lowest BCUT2D eigenvalue weighted by Gasteiger charge is -2.35. The van der Waals surface area contributed by atoms with Gasteiger partial charge in [-0.3, -0.25) is 14.5 Å². The van der Waals surface area contributed by atoms with Crippen molar-refractivity contribution in [3.05, 3.63) is 51.9 Å². The lowest BCUT2D eigenvalue weighted by atomic mass is 9.92. The zero-order chi connectivity index (χ0) is 23.6. The third kappa shape index (κ3) is 5.54. The molecule has 1 aromatic heterocycles. The maximum atomic E-state index is 13.3. The summed E-state index contributed by atoms with van der Waals surface area (Å²) in [6, 6.07) is 9.21. The largest absolute Gasteiger partial charge is 0.316 e. The van der Waals surface area contributed by atoms with Gasteiger partial charge in [0, 0.05) is 36.6 Å². The molecule has 1 aromatic carbocycles. The number of benzene rings is 1. The number of hydrogen-bond acceptors (Lipinski definition) is 6. The molecule has 1 aliphatic heterocycles. The molecule has 0 radical (unpaired) electrons. The first-order valence-electron chi connectivity index (χ1n) is 11.4. The number of amides is 1. The molecule has 2 heterocycles. The summed E-state index contributed by atoms with van der Waals surface area (Å²) < 4.78 is 25.0. The van der Waals surface area contributed by atoms with E-state index < -0.39 is 10.0 Å². The second kappa shape index (κ2) is 10.0. The van der Waals surface area contributed by atoms with Crippen molar-refractivity contribution in [1.82, 2.24) is 9.21 Å². The zero-order valence-corrected chi connectivity index (χ0v) is 20.8. The number of fused-ring (bicyclic) bond motifs is 1. The Morgan fingerprint density at radius 3 is 2.45 bits per heavy atom. The molecule has 4 rings (SSSR count). The molecule has 0 bridgehead atoms. The number of carbonyl (C=O) groups is 2. The summed E-state index contributed by atoms with van der Waals surface area (Å²) >= 11 is 1.54. The van der Waals surface area contributed by atoms with Crippen molar-refractivity contribution in [3.8, 4) is 0 Å². The highest BCUT2D eigenvalue weighted by atomic mass is 32.2. The van der Waals surface area contributed by atoms with Crippen LogP contribution in [0.2, 0.25) is 0 Å². The number of piperidine rings is 1. The van der Waals surface area contributed by atoms with Gasteiger partial charge in [-0.25, -0.2) is 12.7 Å². The molecule has 0 spiro atoms. The highest BCUT2D eigenvalue weighted by Gasteiger charge is 2.30. The van der Waals surface area contributed by atoms with E-state index in [9.17, 15) is 18.0 Å². The Kier molecular flexibility index (Phi) is 7.33. The van der Waals surface area contributed by atoms with Crippen LogP contribution in [0.1, 0.15) is 52.0 Å². The van der Waals surface area contributed by atoms with E-state index in [2.05, 4.69) is 5.32 Å². The standard InChI is InChI=1S/C24H31N3O4S2/c1-26(33(2,30)31)18-12-14-27(15-13-18)16-21(28)25-24-22(19-10-6-7-11-20(19)32-24)23(29)17-8-4-3-5-9-17/h3-5,8-9,18H,6-7,10-16H2,1-2H3,(H,25,28). The lowest BCUT2D eigenvalue weighted by molar-refractivity contribution is -0.117. The average Bonchev–Trinajstić information content (AvgIpc) is 3.16. The number of ketones is 1. The molecule has 2 aliphatic rings. The fourth-order valence-electron chi connectivity index (χ4n) is 4.71. The van der Waals surface area contributed by atoms with Crippen LogP contribution in [0.3, 0.4) is 0 Å². The quantitative estimate of drug-likeness (QED) is 0.604. The first-order valence-corrected chi connectivity index (χ1v) is 14.1. The van der Waals surface area contributed by atoms with Crippen LogP contribution in [-0.2, 0) is 27.7 Å². The Labute approximate surface area is 199 Å². The van der Waals surface area contributed by atoms with E-state index in [1.807, 2.05) is 35.2 Å². The average molecular weight is 490 g/mol. The monoisotopic (exact) mass is 489 g/mol. The summed E-state index contributed by atoms with van der Waals surface area (Å²) in [5.74, 6) is -0.166. The molecule has 1 N–H and O–H groups in total. The summed E-state index contributed by atoms with van der Waals surface area (Å²) in [6.45, 7) is 1.56. The summed E-state index contributed by atoms with van der Waals surface area (Å²) in [7, 11) is -1.60. The Bertz CT molecular complexity index is 1120. The van der Waals surface area contributed by atoms with Crippen molar-refractivity contribution >= 4 is 38.1 Å². The van der Waals surface area contributed by atoms with Gasteiger partial charge in [-0.15, -0.1) is 11.3 Å². The third-order valence-corrected chi connectivity index (χ3v) is 9.20. The molecular weight excluding hydrogens is 458 g/mol. The highest BCUT2D eigenvalue weighted by Crippen LogP contribution is 2.39. The van der Waals surface area contributed by atoms with Gasteiger partial charge in [-0.2, -0.15) is 0 Å². The van der Waals surface area contributed by atoms with E-state index in [1.54, 1.807) is 7.05 Å². The SMILES string of the molecule is CN(C1CCN(CC(=O)Nc2sc3c(c2C(=O)c2ccccc2)CCCC3)CC1)S(C)(=O)=O. The minimum absolute atomic E-state index is 0.0292. The fourth-order valence-corrected chi connectivity index (χ4v) is 6.76. The van der Waals surface area contributed by atoms with E-state index in [0.29, 0.717) is 42.1 Å². The molecule has 1 saturated heterocycles. The number of sulfonamides is 1. The fraction of sp³-hybridized carbons (Fsp3) is 0.500. The number of aryl methyl sites for hydroxylation is 1. The van der Waals surface area contributed by atoms with Crippen LogP contribution in [0.4, 0.5) is 5.00 Å². The molecule has 0 atom stereocenters. The predicted molar refractivity (Wildman–Crippen MR) is 132 cm³/mol. The van der Waals surface area contributed by atoms with Gasteiger partial charge in [0.1, 0.15) is 5.00 Å². The minimum atomic E-state index is -3.22. The number of carbonyl (C=O) groups excluding carboxylic acids is 2. The molecular formula is C24H31N3O4S2. The summed E-state index contributed by atoms with van der Waals surface area (Å²) in [4.78, 5) is 29.5. The second-order valence-electron chi connectivity index (χ2n) is 8.94. The van der Waals surface area contributed by atoms with E-state index >= 15 is 0 Å². The molecule has 1 amide bonds. The number of nitrogens with one attached hydrogen (secondary N) is 1. The number of thiophene rings is 1. The van der Waals surface area contributed by atoms with Crippen molar-refractivity contribution in [2.45, 2.75) is 44.6 Å². The van der Waals surface area contributed by atoms with Gasteiger partial charge in [0.25, 0.3) is 0 Å². The first-order chi connectivity index (χ1) is 15.7. The molecule has 2 aromatic rings.